The molecule has 0 saturated carbocycles. The first kappa shape index (κ1) is 26.0. The fraction of sp³-hybridized carbons (Fsp3) is 0.258. The number of aryl methyl sites for hydroxylation is 1. The van der Waals surface area contributed by atoms with E-state index in [1.807, 2.05) is 78.6 Å². The number of carbonyl (C=O) groups excluding carboxylic acids is 3. The van der Waals surface area contributed by atoms with Crippen LogP contribution in [0.15, 0.2) is 85.2 Å². The van der Waals surface area contributed by atoms with Gasteiger partial charge in [-0.2, -0.15) is 0 Å². The van der Waals surface area contributed by atoms with Gasteiger partial charge < -0.3 is 25.3 Å². The molecule has 39 heavy (non-hydrogen) atoms. The van der Waals surface area contributed by atoms with Crippen molar-refractivity contribution >= 4 is 29.1 Å². The van der Waals surface area contributed by atoms with Crippen molar-refractivity contribution < 1.29 is 14.4 Å². The molecule has 0 aromatic heterocycles. The zero-order valence-electron chi connectivity index (χ0n) is 22.3. The van der Waals surface area contributed by atoms with Gasteiger partial charge in [-0.1, -0.05) is 36.4 Å². The van der Waals surface area contributed by atoms with Gasteiger partial charge in [0.05, 0.1) is 19.3 Å². The van der Waals surface area contributed by atoms with Crippen LogP contribution in [0, 0.1) is 6.92 Å². The van der Waals surface area contributed by atoms with Crippen molar-refractivity contribution in [3.63, 3.8) is 0 Å². The number of anilines is 2. The first-order valence-corrected chi connectivity index (χ1v) is 13.2. The summed E-state index contributed by atoms with van der Waals surface area (Å²) in [6, 6.07) is 22.0. The highest BCUT2D eigenvalue weighted by Crippen LogP contribution is 2.34. The van der Waals surface area contributed by atoms with Gasteiger partial charge in [-0.25, -0.2) is 0 Å². The summed E-state index contributed by atoms with van der Waals surface area (Å²) in [4.78, 5) is 44.9. The number of hydrogen-bond donors (Lipinski definition) is 2. The lowest BCUT2D eigenvalue weighted by Crippen LogP contribution is -2.37. The third-order valence-electron chi connectivity index (χ3n) is 7.12. The summed E-state index contributed by atoms with van der Waals surface area (Å²) >= 11 is 0. The highest BCUT2D eigenvalue weighted by molar-refractivity contribution is 6.08. The van der Waals surface area contributed by atoms with Gasteiger partial charge in [0.1, 0.15) is 0 Å². The van der Waals surface area contributed by atoms with E-state index in [0.29, 0.717) is 30.0 Å². The highest BCUT2D eigenvalue weighted by atomic mass is 16.2. The second kappa shape index (κ2) is 11.4. The second-order valence-electron chi connectivity index (χ2n) is 10.1. The minimum Gasteiger partial charge on any atom is -0.362 e. The van der Waals surface area contributed by atoms with Crippen molar-refractivity contribution in [3.05, 3.63) is 107 Å². The molecule has 8 heteroatoms. The molecule has 1 atom stereocenters. The average Bonchev–Trinajstić information content (AvgIpc) is 3.25. The molecule has 3 aromatic rings. The molecular weight excluding hydrogens is 490 g/mol. The Balaban J connectivity index is 1.28. The predicted molar refractivity (Wildman–Crippen MR) is 152 cm³/mol. The van der Waals surface area contributed by atoms with Gasteiger partial charge in [-0.15, -0.1) is 0 Å². The van der Waals surface area contributed by atoms with Crippen LogP contribution >= 0.6 is 0 Å². The van der Waals surface area contributed by atoms with Gasteiger partial charge >= 0.3 is 0 Å². The number of benzene rings is 3. The minimum atomic E-state index is -0.186. The van der Waals surface area contributed by atoms with Crippen LogP contribution in [0.25, 0.3) is 0 Å². The Morgan fingerprint density at radius 2 is 1.67 bits per heavy atom. The third kappa shape index (κ3) is 5.95. The van der Waals surface area contributed by atoms with Gasteiger partial charge in [0.25, 0.3) is 11.8 Å². The van der Waals surface area contributed by atoms with E-state index in [-0.39, 0.29) is 30.3 Å². The Kier molecular flexibility index (Phi) is 7.63. The SMILES string of the molecule is Cc1ccccc1C(=O)Nc1ccc(C(=O)N2CCCC(NC(=O)CN3C=CN(C)C3)c3ccccc32)cc1. The van der Waals surface area contributed by atoms with Crippen LogP contribution in [-0.2, 0) is 4.79 Å². The van der Waals surface area contributed by atoms with E-state index < -0.39 is 0 Å². The molecule has 0 saturated heterocycles. The first-order valence-electron chi connectivity index (χ1n) is 13.2. The monoisotopic (exact) mass is 523 g/mol. The molecule has 2 N–H and O–H groups in total. The number of nitrogens with zero attached hydrogens (tertiary/aromatic N) is 3. The van der Waals surface area contributed by atoms with Gasteiger partial charge in [0.15, 0.2) is 0 Å². The van der Waals surface area contributed by atoms with Crippen molar-refractivity contribution in [1.82, 2.24) is 15.1 Å². The molecule has 3 amide bonds. The molecule has 2 heterocycles. The summed E-state index contributed by atoms with van der Waals surface area (Å²) in [5.41, 5.74) is 4.42. The second-order valence-corrected chi connectivity index (χ2v) is 10.1. The fourth-order valence-electron chi connectivity index (χ4n) is 5.11. The zero-order chi connectivity index (χ0) is 27.4. The zero-order valence-corrected chi connectivity index (χ0v) is 22.3. The number of carbonyl (C=O) groups is 3. The van der Waals surface area contributed by atoms with Crippen molar-refractivity contribution in [1.29, 1.82) is 0 Å². The van der Waals surface area contributed by atoms with Gasteiger partial charge in [0.2, 0.25) is 5.91 Å². The maximum Gasteiger partial charge on any atom is 0.258 e. The summed E-state index contributed by atoms with van der Waals surface area (Å²) in [6.07, 6.45) is 5.36. The van der Waals surface area contributed by atoms with Crippen LogP contribution in [0.4, 0.5) is 11.4 Å². The Morgan fingerprint density at radius 3 is 2.41 bits per heavy atom. The summed E-state index contributed by atoms with van der Waals surface area (Å²) < 4.78 is 0. The van der Waals surface area contributed by atoms with E-state index in [2.05, 4.69) is 10.6 Å². The molecule has 0 fully saturated rings. The molecule has 2 aliphatic heterocycles. The van der Waals surface area contributed by atoms with Gasteiger partial charge in [-0.05, 0) is 67.3 Å². The Labute approximate surface area is 228 Å². The van der Waals surface area contributed by atoms with E-state index in [1.165, 1.54) is 0 Å². The number of para-hydroxylation sites is 1. The van der Waals surface area contributed by atoms with E-state index in [1.54, 1.807) is 35.2 Å². The fourth-order valence-corrected chi connectivity index (χ4v) is 5.11. The first-order chi connectivity index (χ1) is 18.9. The highest BCUT2D eigenvalue weighted by Gasteiger charge is 2.28. The van der Waals surface area contributed by atoms with E-state index in [9.17, 15) is 14.4 Å². The summed E-state index contributed by atoms with van der Waals surface area (Å²) in [5, 5.41) is 6.10. The summed E-state index contributed by atoms with van der Waals surface area (Å²) in [6.45, 7) is 3.42. The average molecular weight is 524 g/mol. The molecule has 1 unspecified atom stereocenters. The summed E-state index contributed by atoms with van der Waals surface area (Å²) in [7, 11) is 1.97. The van der Waals surface area contributed by atoms with Crippen LogP contribution in [0.5, 0.6) is 0 Å². The van der Waals surface area contributed by atoms with Crippen LogP contribution in [0.2, 0.25) is 0 Å². The minimum absolute atomic E-state index is 0.0436. The third-order valence-corrected chi connectivity index (χ3v) is 7.12. The molecular formula is C31H33N5O3. The van der Waals surface area contributed by atoms with Gasteiger partial charge in [0, 0.05) is 48.5 Å². The standard InChI is InChI=1S/C31H33N5O3/c1-22-8-3-4-9-25(22)30(38)32-24-15-13-23(14-16-24)31(39)36-17-7-11-27(26-10-5-6-12-28(26)36)33-29(37)20-35-19-18-34(2)21-35/h3-6,8-10,12-16,18-19,27H,7,11,17,20-21H2,1-2H3,(H,32,38)(H,33,37). The Hall–Kier alpha value is -4.59. The molecule has 0 radical (unpaired) electrons. The topological polar surface area (TPSA) is 85.0 Å². The maximum atomic E-state index is 13.6. The normalized spacial score (nSPS) is 16.5. The molecule has 0 aliphatic carbocycles. The molecule has 2 aliphatic rings. The number of amides is 3. The molecule has 8 nitrogen and oxygen atoms in total. The number of nitrogens with one attached hydrogen (secondary N) is 2. The lowest BCUT2D eigenvalue weighted by molar-refractivity contribution is -0.122. The largest absolute Gasteiger partial charge is 0.362 e. The van der Waals surface area contributed by atoms with Crippen LogP contribution in [0.1, 0.15) is 50.7 Å². The smallest absolute Gasteiger partial charge is 0.258 e. The summed E-state index contributed by atoms with van der Waals surface area (Å²) in [5.74, 6) is -0.344. The van der Waals surface area contributed by atoms with Crippen LogP contribution in [-0.4, -0.2) is 54.3 Å². The lowest BCUT2D eigenvalue weighted by atomic mass is 10.0. The molecule has 5 rings (SSSR count). The van der Waals surface area contributed by atoms with Crippen molar-refractivity contribution in [2.75, 3.05) is 37.0 Å². The molecule has 200 valence electrons. The van der Waals surface area contributed by atoms with Crippen molar-refractivity contribution in [2.45, 2.75) is 25.8 Å². The van der Waals surface area contributed by atoms with Gasteiger partial charge in [-0.3, -0.25) is 14.4 Å². The lowest BCUT2D eigenvalue weighted by Gasteiger charge is -2.25. The van der Waals surface area contributed by atoms with Crippen LogP contribution in [0.3, 0.4) is 0 Å². The van der Waals surface area contributed by atoms with Crippen LogP contribution < -0.4 is 15.5 Å². The van der Waals surface area contributed by atoms with Crippen molar-refractivity contribution in [3.8, 4) is 0 Å². The molecule has 0 bridgehead atoms. The maximum absolute atomic E-state index is 13.6. The van der Waals surface area contributed by atoms with E-state index in [4.69, 9.17) is 0 Å². The molecule has 3 aromatic carbocycles. The number of fused-ring (bicyclic) bond motifs is 1. The number of hydrogen-bond acceptors (Lipinski definition) is 5. The van der Waals surface area contributed by atoms with E-state index >= 15 is 0 Å². The Morgan fingerprint density at radius 1 is 0.923 bits per heavy atom. The molecule has 0 spiro atoms. The van der Waals surface area contributed by atoms with Crippen molar-refractivity contribution in [2.24, 2.45) is 0 Å². The Bertz CT molecular complexity index is 1400. The predicted octanol–water partition coefficient (Wildman–Crippen LogP) is 4.52. The number of rotatable bonds is 6. The van der Waals surface area contributed by atoms with E-state index in [0.717, 1.165) is 29.7 Å². The quantitative estimate of drug-likeness (QED) is 0.496.